The number of fused-ring (bicyclic) bond motifs is 3. The minimum atomic E-state index is 0.930. The van der Waals surface area contributed by atoms with Crippen LogP contribution in [0.2, 0.25) is 0 Å². The van der Waals surface area contributed by atoms with Crippen LogP contribution < -0.4 is 4.74 Å². The van der Waals surface area contributed by atoms with Crippen LogP contribution in [0, 0.1) is 0 Å². The minimum absolute atomic E-state index is 0.930. The SMILES string of the molecule is COc1ccc2c(c1)Cc1ncsc1-2. The molecule has 1 aliphatic rings. The van der Waals surface area contributed by atoms with Gasteiger partial charge in [0.15, 0.2) is 0 Å². The summed E-state index contributed by atoms with van der Waals surface area (Å²) in [5, 5.41) is 0. The fraction of sp³-hybridized carbons (Fsp3) is 0.182. The standard InChI is InChI=1S/C11H9NOS/c1-13-8-2-3-9-7(4-8)5-10-11(9)14-6-12-10/h2-4,6H,5H2,1H3. The normalized spacial score (nSPS) is 12.4. The smallest absolute Gasteiger partial charge is 0.119 e. The molecular formula is C11H9NOS. The van der Waals surface area contributed by atoms with Crippen LogP contribution in [0.5, 0.6) is 5.75 Å². The molecule has 1 aromatic heterocycles. The number of hydrogen-bond donors (Lipinski definition) is 0. The molecule has 0 saturated carbocycles. The molecule has 0 saturated heterocycles. The molecule has 2 nitrogen and oxygen atoms in total. The molecule has 1 aliphatic carbocycles. The van der Waals surface area contributed by atoms with E-state index < -0.39 is 0 Å². The summed E-state index contributed by atoms with van der Waals surface area (Å²) in [5.74, 6) is 0.930. The number of methoxy groups -OCH3 is 1. The van der Waals surface area contributed by atoms with Gasteiger partial charge in [0.05, 0.1) is 23.2 Å². The number of benzene rings is 1. The Morgan fingerprint density at radius 1 is 1.43 bits per heavy atom. The largest absolute Gasteiger partial charge is 0.497 e. The summed E-state index contributed by atoms with van der Waals surface area (Å²) in [5.41, 5.74) is 5.78. The van der Waals surface area contributed by atoms with Gasteiger partial charge in [-0.15, -0.1) is 11.3 Å². The topological polar surface area (TPSA) is 22.1 Å². The second-order valence-corrected chi connectivity index (χ2v) is 4.18. The Hall–Kier alpha value is -1.35. The first-order chi connectivity index (χ1) is 6.88. The molecule has 14 heavy (non-hydrogen) atoms. The van der Waals surface area contributed by atoms with Crippen LogP contribution in [-0.4, -0.2) is 12.1 Å². The summed E-state index contributed by atoms with van der Waals surface area (Å²) in [6.07, 6.45) is 0.950. The molecule has 0 aliphatic heterocycles. The predicted molar refractivity (Wildman–Crippen MR) is 56.9 cm³/mol. The van der Waals surface area contributed by atoms with Crippen LogP contribution in [0.15, 0.2) is 23.7 Å². The Bertz CT molecular complexity index is 490. The molecule has 1 aromatic carbocycles. The van der Waals surface area contributed by atoms with Crippen molar-refractivity contribution >= 4 is 11.3 Å². The van der Waals surface area contributed by atoms with Gasteiger partial charge in [-0.2, -0.15) is 0 Å². The van der Waals surface area contributed by atoms with Gasteiger partial charge in [-0.25, -0.2) is 4.98 Å². The van der Waals surface area contributed by atoms with Crippen molar-refractivity contribution in [1.82, 2.24) is 4.98 Å². The maximum Gasteiger partial charge on any atom is 0.119 e. The van der Waals surface area contributed by atoms with E-state index in [4.69, 9.17) is 4.74 Å². The van der Waals surface area contributed by atoms with Crippen molar-refractivity contribution in [1.29, 1.82) is 0 Å². The molecule has 70 valence electrons. The quantitative estimate of drug-likeness (QED) is 0.606. The highest BCUT2D eigenvalue weighted by Crippen LogP contribution is 2.40. The summed E-state index contributed by atoms with van der Waals surface area (Å²) < 4.78 is 5.20. The number of nitrogens with zero attached hydrogens (tertiary/aromatic N) is 1. The van der Waals surface area contributed by atoms with Crippen LogP contribution in [0.25, 0.3) is 10.4 Å². The highest BCUT2D eigenvalue weighted by Gasteiger charge is 2.20. The summed E-state index contributed by atoms with van der Waals surface area (Å²) in [6.45, 7) is 0. The van der Waals surface area contributed by atoms with Crippen molar-refractivity contribution in [3.8, 4) is 16.2 Å². The fourth-order valence-electron chi connectivity index (χ4n) is 1.86. The zero-order valence-corrected chi connectivity index (χ0v) is 8.60. The molecule has 0 N–H and O–H groups in total. The molecule has 3 heteroatoms. The van der Waals surface area contributed by atoms with Gasteiger partial charge < -0.3 is 4.74 Å². The molecule has 0 bridgehead atoms. The summed E-state index contributed by atoms with van der Waals surface area (Å²) in [4.78, 5) is 5.67. The van der Waals surface area contributed by atoms with Gasteiger partial charge in [0, 0.05) is 6.42 Å². The van der Waals surface area contributed by atoms with E-state index in [0.717, 1.165) is 12.2 Å². The van der Waals surface area contributed by atoms with Gasteiger partial charge in [0.1, 0.15) is 5.75 Å². The van der Waals surface area contributed by atoms with E-state index in [1.54, 1.807) is 18.4 Å². The van der Waals surface area contributed by atoms with Crippen LogP contribution in [-0.2, 0) is 6.42 Å². The van der Waals surface area contributed by atoms with Gasteiger partial charge in [0.2, 0.25) is 0 Å². The highest BCUT2D eigenvalue weighted by atomic mass is 32.1. The molecule has 0 fully saturated rings. The Kier molecular flexibility index (Phi) is 1.61. The van der Waals surface area contributed by atoms with E-state index in [-0.39, 0.29) is 0 Å². The van der Waals surface area contributed by atoms with E-state index in [2.05, 4.69) is 17.1 Å². The van der Waals surface area contributed by atoms with Gasteiger partial charge in [-0.1, -0.05) is 0 Å². The van der Waals surface area contributed by atoms with Crippen LogP contribution in [0.4, 0.5) is 0 Å². The lowest BCUT2D eigenvalue weighted by Gasteiger charge is -2.02. The Morgan fingerprint density at radius 2 is 2.36 bits per heavy atom. The maximum absolute atomic E-state index is 5.20. The van der Waals surface area contributed by atoms with Crippen molar-refractivity contribution in [2.24, 2.45) is 0 Å². The van der Waals surface area contributed by atoms with E-state index >= 15 is 0 Å². The molecule has 3 rings (SSSR count). The lowest BCUT2D eigenvalue weighted by atomic mass is 10.1. The van der Waals surface area contributed by atoms with Gasteiger partial charge in [-0.05, 0) is 29.3 Å². The van der Waals surface area contributed by atoms with E-state index in [1.807, 2.05) is 11.6 Å². The van der Waals surface area contributed by atoms with E-state index in [0.29, 0.717) is 0 Å². The average molecular weight is 203 g/mol. The fourth-order valence-corrected chi connectivity index (χ4v) is 2.73. The van der Waals surface area contributed by atoms with Crippen molar-refractivity contribution in [3.63, 3.8) is 0 Å². The molecule has 0 amide bonds. The van der Waals surface area contributed by atoms with Crippen LogP contribution in [0.1, 0.15) is 11.3 Å². The molecule has 2 aromatic rings. The Labute approximate surface area is 86.2 Å². The monoisotopic (exact) mass is 203 g/mol. The molecule has 0 radical (unpaired) electrons. The lowest BCUT2D eigenvalue weighted by molar-refractivity contribution is 0.414. The molecular weight excluding hydrogens is 194 g/mol. The van der Waals surface area contributed by atoms with Crippen LogP contribution >= 0.6 is 11.3 Å². The maximum atomic E-state index is 5.20. The summed E-state index contributed by atoms with van der Waals surface area (Å²) in [7, 11) is 1.70. The lowest BCUT2D eigenvalue weighted by Crippen LogP contribution is -1.86. The van der Waals surface area contributed by atoms with Crippen molar-refractivity contribution < 1.29 is 4.74 Å². The average Bonchev–Trinajstić information content (AvgIpc) is 2.75. The van der Waals surface area contributed by atoms with Gasteiger partial charge in [0.25, 0.3) is 0 Å². The number of aromatic nitrogens is 1. The number of thiazole rings is 1. The zero-order valence-electron chi connectivity index (χ0n) is 7.78. The number of ether oxygens (including phenoxy) is 1. The summed E-state index contributed by atoms with van der Waals surface area (Å²) in [6, 6.07) is 6.23. The Balaban J connectivity index is 2.18. The molecule has 0 unspecified atom stereocenters. The van der Waals surface area contributed by atoms with E-state index in [9.17, 15) is 0 Å². The first-order valence-corrected chi connectivity index (χ1v) is 5.36. The van der Waals surface area contributed by atoms with Crippen LogP contribution in [0.3, 0.4) is 0 Å². The first-order valence-electron chi connectivity index (χ1n) is 4.48. The van der Waals surface area contributed by atoms with Gasteiger partial charge >= 0.3 is 0 Å². The third kappa shape index (κ3) is 0.990. The molecule has 1 heterocycles. The molecule has 0 spiro atoms. The third-order valence-electron chi connectivity index (χ3n) is 2.56. The van der Waals surface area contributed by atoms with Gasteiger partial charge in [-0.3, -0.25) is 0 Å². The predicted octanol–water partition coefficient (Wildman–Crippen LogP) is 2.72. The highest BCUT2D eigenvalue weighted by molar-refractivity contribution is 7.13. The number of hydrogen-bond acceptors (Lipinski definition) is 3. The Morgan fingerprint density at radius 3 is 3.21 bits per heavy atom. The third-order valence-corrected chi connectivity index (χ3v) is 3.46. The second-order valence-electron chi connectivity index (χ2n) is 3.33. The zero-order chi connectivity index (χ0) is 9.54. The van der Waals surface area contributed by atoms with Crippen molar-refractivity contribution in [2.45, 2.75) is 6.42 Å². The number of rotatable bonds is 1. The minimum Gasteiger partial charge on any atom is -0.497 e. The first kappa shape index (κ1) is 8.00. The van der Waals surface area contributed by atoms with E-state index in [1.165, 1.54) is 21.7 Å². The molecule has 0 atom stereocenters. The van der Waals surface area contributed by atoms with Crippen molar-refractivity contribution in [2.75, 3.05) is 7.11 Å². The van der Waals surface area contributed by atoms with Crippen molar-refractivity contribution in [3.05, 3.63) is 35.0 Å². The second kappa shape index (κ2) is 2.82. The summed E-state index contributed by atoms with van der Waals surface area (Å²) >= 11 is 1.72.